The van der Waals surface area contributed by atoms with Crippen LogP contribution < -0.4 is 83.5 Å². The summed E-state index contributed by atoms with van der Waals surface area (Å²) in [5.74, 6) is -7.31. The molecule has 0 spiro atoms. The summed E-state index contributed by atoms with van der Waals surface area (Å²) in [6.45, 7) is 5.31. The first-order valence-corrected chi connectivity index (χ1v) is 25.3. The van der Waals surface area contributed by atoms with E-state index >= 15 is 0 Å². The Bertz CT molecular complexity index is 2200. The number of benzene rings is 1. The van der Waals surface area contributed by atoms with Crippen LogP contribution in [0.3, 0.4) is 0 Å². The summed E-state index contributed by atoms with van der Waals surface area (Å²) in [7, 11) is 0. The van der Waals surface area contributed by atoms with Crippen molar-refractivity contribution in [3.05, 3.63) is 35.9 Å². The monoisotopic (exact) mass is 1070 g/mol. The van der Waals surface area contributed by atoms with E-state index in [1.165, 1.54) is 11.8 Å². The highest BCUT2D eigenvalue weighted by atomic mass is 16.4. The molecule has 1 aliphatic heterocycles. The van der Waals surface area contributed by atoms with Gasteiger partial charge >= 0.3 is 5.97 Å². The van der Waals surface area contributed by atoms with E-state index < -0.39 is 95.7 Å². The lowest BCUT2D eigenvalue weighted by molar-refractivity contribution is -0.143. The molecule has 7 amide bonds. The van der Waals surface area contributed by atoms with Gasteiger partial charge in [-0.25, -0.2) is 0 Å². The number of hydrogen-bond donors (Lipinski definition) is 16. The van der Waals surface area contributed by atoms with Gasteiger partial charge in [0.25, 0.3) is 0 Å². The number of aliphatic carboxylic acids is 1. The van der Waals surface area contributed by atoms with Crippen LogP contribution in [0.4, 0.5) is 0 Å². The van der Waals surface area contributed by atoms with Crippen molar-refractivity contribution in [1.29, 1.82) is 0 Å². The number of nitrogens with two attached hydrogens (primary N) is 9. The lowest BCUT2D eigenvalue weighted by Gasteiger charge is -2.31. The Balaban J connectivity index is 2.47. The highest BCUT2D eigenvalue weighted by molar-refractivity contribution is 5.98. The summed E-state index contributed by atoms with van der Waals surface area (Å²) in [6.07, 6.45) is 1.58. The average Bonchev–Trinajstić information content (AvgIpc) is 3.85. The van der Waals surface area contributed by atoms with Crippen LogP contribution in [-0.4, -0.2) is 162 Å². The second-order valence-corrected chi connectivity index (χ2v) is 18.8. The quantitative estimate of drug-likeness (QED) is 0.0174. The Morgan fingerprint density at radius 1 is 0.566 bits per heavy atom. The lowest BCUT2D eigenvalue weighted by Crippen LogP contribution is -2.60. The van der Waals surface area contributed by atoms with E-state index in [1.54, 1.807) is 24.3 Å². The van der Waals surface area contributed by atoms with Gasteiger partial charge in [0, 0.05) is 32.7 Å². The normalized spacial score (nSPS) is 15.6. The van der Waals surface area contributed by atoms with Crippen LogP contribution in [0, 0.1) is 5.92 Å². The standard InChI is InChI=1S/C47H82N20O9/c1-26(2)24-34(40(72)64-30(14-7-19-57-44(49)50)37(69)61-27(3)43(75)76)66-41(73)35-18-11-23-67(35)42(74)33(17-10-22-60-47(55)56)65-39(71)32(16-9-21-59-46(53)54)63-38(70)31(15-8-20-58-45(51)52)62-36(68)29(48)25-28-12-5-4-6-13-28/h4-6,12-13,26-27,29-35H,7-11,14-25,48H2,1-3H3,(H,61,69)(H,62,68)(H,63,70)(H,64,72)(H,65,71)(H,66,73)(H,75,76)(H4,49,50,57)(H4,51,52,58)(H4,53,54,59)(H4,55,56,60)/t27-,29+,30-,31+,32+,33-,34-,35-/m0/s1. The molecule has 1 fully saturated rings. The number of nitrogens with one attached hydrogen (secondary N) is 6. The summed E-state index contributed by atoms with van der Waals surface area (Å²) in [5.41, 5.74) is 51.1. The molecule has 1 aliphatic rings. The molecule has 29 nitrogen and oxygen atoms in total. The van der Waals surface area contributed by atoms with Crippen molar-refractivity contribution in [3.63, 3.8) is 0 Å². The van der Waals surface area contributed by atoms with Gasteiger partial charge in [-0.05, 0) is 95.5 Å². The molecule has 424 valence electrons. The second kappa shape index (κ2) is 33.8. The minimum absolute atomic E-state index is 0.00673. The number of guanidine groups is 4. The van der Waals surface area contributed by atoms with Crippen LogP contribution in [0.25, 0.3) is 0 Å². The molecular weight excluding hydrogens is 989 g/mol. The summed E-state index contributed by atoms with van der Waals surface area (Å²) in [6, 6.07) is -0.749. The summed E-state index contributed by atoms with van der Waals surface area (Å²) in [5, 5.41) is 25.3. The van der Waals surface area contributed by atoms with Crippen molar-refractivity contribution in [2.45, 2.75) is 146 Å². The molecular formula is C47H82N20O9. The number of carboxylic acid groups (broad SMARTS) is 1. The first-order valence-electron chi connectivity index (χ1n) is 25.3. The van der Waals surface area contributed by atoms with Gasteiger partial charge in [-0.3, -0.25) is 58.3 Å². The number of carboxylic acids is 1. The van der Waals surface area contributed by atoms with Gasteiger partial charge < -0.3 is 93.5 Å². The molecule has 29 heteroatoms. The first kappa shape index (κ1) is 64.1. The topological polar surface area (TPSA) is 516 Å². The van der Waals surface area contributed by atoms with Crippen LogP contribution in [0.1, 0.15) is 97.0 Å². The Labute approximate surface area is 442 Å². The highest BCUT2D eigenvalue weighted by Gasteiger charge is 2.40. The molecule has 2 rings (SSSR count). The largest absolute Gasteiger partial charge is 0.480 e. The van der Waals surface area contributed by atoms with Gasteiger partial charge in [0.05, 0.1) is 6.04 Å². The van der Waals surface area contributed by atoms with Crippen molar-refractivity contribution < 1.29 is 43.5 Å². The molecule has 0 unspecified atom stereocenters. The van der Waals surface area contributed by atoms with E-state index in [0.717, 1.165) is 5.56 Å². The molecule has 0 aromatic heterocycles. The maximum absolute atomic E-state index is 14.7. The average molecular weight is 1070 g/mol. The molecule has 1 saturated heterocycles. The molecule has 0 bridgehead atoms. The third kappa shape index (κ3) is 24.8. The van der Waals surface area contributed by atoms with E-state index in [1.807, 2.05) is 19.9 Å². The van der Waals surface area contributed by atoms with Crippen molar-refractivity contribution >= 4 is 71.2 Å². The lowest BCUT2D eigenvalue weighted by atomic mass is 10.0. The minimum atomic E-state index is -1.33. The third-order valence-corrected chi connectivity index (χ3v) is 11.8. The molecule has 76 heavy (non-hydrogen) atoms. The fraction of sp³-hybridized carbons (Fsp3) is 0.617. The van der Waals surface area contributed by atoms with Crippen molar-refractivity contribution in [1.82, 2.24) is 36.8 Å². The van der Waals surface area contributed by atoms with Gasteiger partial charge in [0.1, 0.15) is 42.3 Å². The highest BCUT2D eigenvalue weighted by Crippen LogP contribution is 2.21. The van der Waals surface area contributed by atoms with Crippen LogP contribution in [0.5, 0.6) is 0 Å². The van der Waals surface area contributed by atoms with Gasteiger partial charge in [-0.15, -0.1) is 0 Å². The van der Waals surface area contributed by atoms with E-state index in [0.29, 0.717) is 6.42 Å². The smallest absolute Gasteiger partial charge is 0.325 e. The molecule has 8 atom stereocenters. The SMILES string of the molecule is CC(C)C[C@H](NC(=O)[C@@H]1CCCN1C(=O)[C@H](CCCN=C(N)N)NC(=O)[C@@H](CCCN=C(N)N)NC(=O)[C@@H](CCCN=C(N)N)NC(=O)[C@H](N)Cc1ccccc1)C(=O)N[C@@H](CCCN=C(N)N)C(=O)N[C@@H](C)C(=O)O. The number of carbonyl (C=O) groups excluding carboxylic acids is 7. The number of aliphatic imine (C=N–C) groups is 4. The van der Waals surface area contributed by atoms with E-state index in [9.17, 15) is 43.5 Å². The Hall–Kier alpha value is -7.98. The molecule has 0 aliphatic carbocycles. The number of amides is 7. The van der Waals surface area contributed by atoms with E-state index in [2.05, 4.69) is 51.9 Å². The predicted octanol–water partition coefficient (Wildman–Crippen LogP) is -5.18. The predicted molar refractivity (Wildman–Crippen MR) is 287 cm³/mol. The van der Waals surface area contributed by atoms with E-state index in [4.69, 9.17) is 51.6 Å². The zero-order valence-electron chi connectivity index (χ0n) is 43.7. The maximum Gasteiger partial charge on any atom is 0.325 e. The van der Waals surface area contributed by atoms with Gasteiger partial charge in [-0.2, -0.15) is 0 Å². The Morgan fingerprint density at radius 3 is 1.38 bits per heavy atom. The fourth-order valence-corrected chi connectivity index (χ4v) is 7.98. The number of rotatable bonds is 34. The van der Waals surface area contributed by atoms with Crippen LogP contribution in [-0.2, 0) is 44.8 Å². The number of likely N-dealkylation sites (tertiary alicyclic amines) is 1. The van der Waals surface area contributed by atoms with Crippen LogP contribution >= 0.6 is 0 Å². The maximum atomic E-state index is 14.7. The number of nitrogens with zero attached hydrogens (tertiary/aromatic N) is 5. The molecule has 1 aromatic carbocycles. The van der Waals surface area contributed by atoms with Crippen LogP contribution in [0.2, 0.25) is 0 Å². The molecule has 25 N–H and O–H groups in total. The zero-order valence-corrected chi connectivity index (χ0v) is 43.7. The van der Waals surface area contributed by atoms with E-state index in [-0.39, 0.29) is 133 Å². The van der Waals surface area contributed by atoms with Crippen molar-refractivity contribution in [3.8, 4) is 0 Å². The fourth-order valence-electron chi connectivity index (χ4n) is 7.98. The van der Waals surface area contributed by atoms with Gasteiger partial charge in [0.15, 0.2) is 23.8 Å². The summed E-state index contributed by atoms with van der Waals surface area (Å²) >= 11 is 0. The summed E-state index contributed by atoms with van der Waals surface area (Å²) in [4.78, 5) is 127. The minimum Gasteiger partial charge on any atom is -0.480 e. The third-order valence-electron chi connectivity index (χ3n) is 11.8. The Morgan fingerprint density at radius 2 is 0.961 bits per heavy atom. The van der Waals surface area contributed by atoms with Crippen LogP contribution in [0.15, 0.2) is 50.3 Å². The number of carbonyl (C=O) groups is 8. The molecule has 0 radical (unpaired) electrons. The Kier molecular flexibility index (Phi) is 28.5. The summed E-state index contributed by atoms with van der Waals surface area (Å²) < 4.78 is 0. The van der Waals surface area contributed by atoms with Gasteiger partial charge in [-0.1, -0.05) is 44.2 Å². The first-order chi connectivity index (χ1) is 35.9. The number of hydrogen-bond acceptors (Lipinski definition) is 13. The van der Waals surface area contributed by atoms with Crippen molar-refractivity contribution in [2.24, 2.45) is 77.5 Å². The zero-order chi connectivity index (χ0) is 56.9. The molecule has 1 aromatic rings. The van der Waals surface area contributed by atoms with Gasteiger partial charge in [0.2, 0.25) is 41.4 Å². The second-order valence-electron chi connectivity index (χ2n) is 18.8. The van der Waals surface area contributed by atoms with Crippen molar-refractivity contribution in [2.75, 3.05) is 32.7 Å². The molecule has 1 heterocycles. The molecule has 0 saturated carbocycles.